The minimum Gasteiger partial charge on any atom is -0.347 e. The highest BCUT2D eigenvalue weighted by molar-refractivity contribution is 6.38. The Balaban J connectivity index is 1.86. The summed E-state index contributed by atoms with van der Waals surface area (Å²) in [5.74, 6) is -5.59. The highest BCUT2D eigenvalue weighted by Crippen LogP contribution is 2.43. The van der Waals surface area contributed by atoms with Crippen LogP contribution in [0.5, 0.6) is 0 Å². The average molecular weight is 678 g/mol. The van der Waals surface area contributed by atoms with Gasteiger partial charge in [0.2, 0.25) is 29.9 Å². The molecule has 48 heavy (non-hydrogen) atoms. The number of fused-ring (bicyclic) bond motifs is 1. The molecule has 1 saturated heterocycles. The van der Waals surface area contributed by atoms with Crippen molar-refractivity contribution in [2.75, 3.05) is 6.54 Å². The molecular weight excluding hydrogens is 628 g/mol. The molecule has 13 nitrogen and oxygen atoms in total. The number of amides is 5. The van der Waals surface area contributed by atoms with E-state index in [2.05, 4.69) is 31.2 Å². The van der Waals surface area contributed by atoms with Crippen molar-refractivity contribution >= 4 is 35.3 Å². The number of alkyl halides is 2. The smallest absolute Gasteiger partial charge is 0.289 e. The summed E-state index contributed by atoms with van der Waals surface area (Å²) in [6.07, 6.45) is 2.62. The molecule has 1 aromatic heterocycles. The lowest BCUT2D eigenvalue weighted by molar-refractivity contribution is -0.146. The van der Waals surface area contributed by atoms with Gasteiger partial charge >= 0.3 is 0 Å². The molecule has 7 atom stereocenters. The number of nitrogens with one attached hydrogen (secondary N) is 4. The average Bonchev–Trinajstić information content (AvgIpc) is 3.62. The molecule has 266 valence electrons. The van der Waals surface area contributed by atoms with Gasteiger partial charge in [0.15, 0.2) is 0 Å². The first kappa shape index (κ1) is 38.4. The first-order chi connectivity index (χ1) is 22.5. The molecule has 1 saturated carbocycles. The lowest BCUT2D eigenvalue weighted by atomic mass is 9.85. The van der Waals surface area contributed by atoms with Crippen molar-refractivity contribution in [1.82, 2.24) is 36.1 Å². The van der Waals surface area contributed by atoms with Crippen molar-refractivity contribution in [1.29, 1.82) is 0 Å². The summed E-state index contributed by atoms with van der Waals surface area (Å²) in [4.78, 5) is 89.4. The Hall–Kier alpha value is -4.04. The minimum absolute atomic E-state index is 0.0119. The predicted molar refractivity (Wildman–Crippen MR) is 171 cm³/mol. The number of hydrogen-bond donors (Lipinski definition) is 4. The summed E-state index contributed by atoms with van der Waals surface area (Å²) in [7, 11) is 0. The minimum atomic E-state index is -2.99. The van der Waals surface area contributed by atoms with Crippen molar-refractivity contribution in [2.45, 2.75) is 117 Å². The Kier molecular flexibility index (Phi) is 13.1. The Morgan fingerprint density at radius 1 is 0.979 bits per heavy atom. The van der Waals surface area contributed by atoms with Crippen LogP contribution in [0.4, 0.5) is 8.78 Å². The van der Waals surface area contributed by atoms with Crippen molar-refractivity contribution in [3.8, 4) is 0 Å². The lowest BCUT2D eigenvalue weighted by Crippen LogP contribution is -2.62. The van der Waals surface area contributed by atoms with E-state index in [9.17, 15) is 37.5 Å². The number of Topliss-reactive ketones (excluding diaryl/α,β-unsaturated/α-hetero) is 1. The summed E-state index contributed by atoms with van der Waals surface area (Å²) < 4.78 is 27.1. The maximum Gasteiger partial charge on any atom is 0.289 e. The quantitative estimate of drug-likeness (QED) is 0.216. The molecule has 0 bridgehead atoms. The van der Waals surface area contributed by atoms with Crippen molar-refractivity contribution in [3.05, 3.63) is 24.3 Å². The second kappa shape index (κ2) is 16.4. The Morgan fingerprint density at radius 2 is 1.67 bits per heavy atom. The van der Waals surface area contributed by atoms with E-state index in [1.165, 1.54) is 23.5 Å². The first-order valence-electron chi connectivity index (χ1n) is 16.6. The predicted octanol–water partition coefficient (Wildman–Crippen LogP) is 2.01. The third kappa shape index (κ3) is 9.53. The normalized spacial score (nSPS) is 21.6. The molecule has 1 aliphatic heterocycles. The van der Waals surface area contributed by atoms with Gasteiger partial charge in [0.25, 0.3) is 11.8 Å². The standard InChI is InChI=1S/C33H49F2N7O6/c1-8-18(4)38-31(47)26(43)21(14-23(34)35)39-30(46)25-20-11-9-10-19(20)16-42(25)32(48)27(33(5,6)7)41-29(45)24(17(2)3)40-28(44)22-15-36-12-13-37-22/h12-13,15,17-21,23-25,27H,8-11,14,16H2,1-7H3,(H,38,47)(H,39,46)(H,40,44)(H,41,45)/t18-,19-,20-,21-,24-,25-,27+/m0/s1. The lowest BCUT2D eigenvalue weighted by Gasteiger charge is -2.37. The van der Waals surface area contributed by atoms with Crippen LogP contribution in [0.2, 0.25) is 0 Å². The third-order valence-electron chi connectivity index (χ3n) is 9.13. The molecule has 1 aromatic rings. The van der Waals surface area contributed by atoms with Crippen LogP contribution in [0.15, 0.2) is 18.6 Å². The summed E-state index contributed by atoms with van der Waals surface area (Å²) in [6.45, 7) is 12.3. The summed E-state index contributed by atoms with van der Waals surface area (Å²) in [5, 5.41) is 10.3. The highest BCUT2D eigenvalue weighted by Gasteiger charge is 2.52. The molecule has 2 aliphatic rings. The van der Waals surface area contributed by atoms with E-state index in [1.807, 2.05) is 0 Å². The Labute approximate surface area is 280 Å². The van der Waals surface area contributed by atoms with E-state index in [4.69, 9.17) is 0 Å². The number of rotatable bonds is 14. The number of carbonyl (C=O) groups excluding carboxylic acids is 6. The van der Waals surface area contributed by atoms with Gasteiger partial charge in [0.05, 0.1) is 6.20 Å². The fourth-order valence-corrected chi connectivity index (χ4v) is 6.30. The maximum atomic E-state index is 14.3. The van der Waals surface area contributed by atoms with E-state index >= 15 is 0 Å². The molecule has 0 aromatic carbocycles. The third-order valence-corrected chi connectivity index (χ3v) is 9.13. The SMILES string of the molecule is CC[C@H](C)NC(=O)C(=O)[C@H](CC(F)F)NC(=O)[C@@H]1[C@H]2CCC[C@H]2CN1C(=O)[C@@H](NC(=O)[C@@H](NC(=O)c1cnccn1)C(C)C)C(C)(C)C. The number of likely N-dealkylation sites (tertiary alicyclic amines) is 1. The number of nitrogens with zero attached hydrogens (tertiary/aromatic N) is 3. The van der Waals surface area contributed by atoms with Crippen LogP contribution < -0.4 is 21.3 Å². The van der Waals surface area contributed by atoms with Gasteiger partial charge in [-0.05, 0) is 49.4 Å². The zero-order valence-electron chi connectivity index (χ0n) is 28.7. The number of ketones is 1. The molecular formula is C33H49F2N7O6. The fourth-order valence-electron chi connectivity index (χ4n) is 6.30. The molecule has 5 amide bonds. The number of carbonyl (C=O) groups is 6. The molecule has 15 heteroatoms. The van der Waals surface area contributed by atoms with Gasteiger partial charge in [-0.2, -0.15) is 0 Å². The number of halogens is 2. The van der Waals surface area contributed by atoms with Crippen molar-refractivity contribution in [3.63, 3.8) is 0 Å². The monoisotopic (exact) mass is 677 g/mol. The maximum absolute atomic E-state index is 14.3. The summed E-state index contributed by atoms with van der Waals surface area (Å²) in [6, 6.07) is -5.46. The van der Waals surface area contributed by atoms with Crippen LogP contribution in [-0.4, -0.2) is 93.4 Å². The van der Waals surface area contributed by atoms with E-state index in [0.717, 1.165) is 12.8 Å². The molecule has 0 unspecified atom stereocenters. The van der Waals surface area contributed by atoms with Gasteiger partial charge in [-0.3, -0.25) is 33.8 Å². The van der Waals surface area contributed by atoms with E-state index < -0.39 is 77.7 Å². The molecule has 2 fully saturated rings. The van der Waals surface area contributed by atoms with E-state index in [-0.39, 0.29) is 36.0 Å². The van der Waals surface area contributed by atoms with Gasteiger partial charge in [-0.25, -0.2) is 13.8 Å². The second-order valence-corrected chi connectivity index (χ2v) is 14.2. The highest BCUT2D eigenvalue weighted by atomic mass is 19.3. The first-order valence-corrected chi connectivity index (χ1v) is 16.6. The molecule has 3 rings (SSSR count). The zero-order valence-corrected chi connectivity index (χ0v) is 28.7. The molecule has 4 N–H and O–H groups in total. The van der Waals surface area contributed by atoms with Crippen LogP contribution >= 0.6 is 0 Å². The second-order valence-electron chi connectivity index (χ2n) is 14.2. The van der Waals surface area contributed by atoms with Crippen LogP contribution in [0.25, 0.3) is 0 Å². The zero-order chi connectivity index (χ0) is 35.9. The topological polar surface area (TPSA) is 180 Å². The molecule has 2 heterocycles. The largest absolute Gasteiger partial charge is 0.347 e. The summed E-state index contributed by atoms with van der Waals surface area (Å²) in [5.41, 5.74) is -0.845. The van der Waals surface area contributed by atoms with Crippen LogP contribution in [0, 0.1) is 23.2 Å². The number of hydrogen-bond acceptors (Lipinski definition) is 8. The number of aromatic nitrogens is 2. The summed E-state index contributed by atoms with van der Waals surface area (Å²) >= 11 is 0. The molecule has 0 spiro atoms. The van der Waals surface area contributed by atoms with Gasteiger partial charge in [-0.1, -0.05) is 48.0 Å². The Morgan fingerprint density at radius 3 is 2.23 bits per heavy atom. The van der Waals surface area contributed by atoms with Crippen molar-refractivity contribution in [2.24, 2.45) is 23.2 Å². The Bertz CT molecular complexity index is 1340. The van der Waals surface area contributed by atoms with Gasteiger partial charge in [-0.15, -0.1) is 0 Å². The van der Waals surface area contributed by atoms with Crippen LogP contribution in [0.1, 0.15) is 91.1 Å². The van der Waals surface area contributed by atoms with Crippen LogP contribution in [-0.2, 0) is 24.0 Å². The van der Waals surface area contributed by atoms with Gasteiger partial charge in [0, 0.05) is 31.4 Å². The van der Waals surface area contributed by atoms with Gasteiger partial charge < -0.3 is 26.2 Å². The molecule has 0 radical (unpaired) electrons. The van der Waals surface area contributed by atoms with E-state index in [0.29, 0.717) is 12.8 Å². The van der Waals surface area contributed by atoms with E-state index in [1.54, 1.807) is 48.5 Å². The van der Waals surface area contributed by atoms with Crippen molar-refractivity contribution < 1.29 is 37.5 Å². The molecule has 1 aliphatic carbocycles. The van der Waals surface area contributed by atoms with Gasteiger partial charge in [0.1, 0.15) is 29.9 Å². The van der Waals surface area contributed by atoms with Crippen LogP contribution in [0.3, 0.4) is 0 Å². The fraction of sp³-hybridized carbons (Fsp3) is 0.697.